The Balaban J connectivity index is -0.000000382. The Bertz CT molecular complexity index is 912. The average molecular weight is 751 g/mol. The third-order valence-corrected chi connectivity index (χ3v) is 5.48. The van der Waals surface area contributed by atoms with Crippen molar-refractivity contribution in [2.75, 3.05) is 93.6 Å². The molecule has 8 N–H and O–H groups in total. The molecule has 4 atom stereocenters. The van der Waals surface area contributed by atoms with E-state index in [4.69, 9.17) is 23.7 Å². The third-order valence-electron chi connectivity index (χ3n) is 5.48. The molecule has 0 amide bonds. The number of carbonyl (C=O) groups excluding carboxylic acids is 4. The average Bonchev–Trinajstić information content (AvgIpc) is 3.07. The number of rotatable bonds is 26. The summed E-state index contributed by atoms with van der Waals surface area (Å²) in [5, 5.41) is 53.4. The molecule has 0 rings (SSSR count). The Morgan fingerprint density at radius 3 is 1.13 bits per heavy atom. The topological polar surface area (TPSA) is 234 Å². The molecule has 0 heterocycles. The van der Waals surface area contributed by atoms with Gasteiger partial charge in [-0.25, -0.2) is 4.79 Å². The summed E-state index contributed by atoms with van der Waals surface area (Å²) in [4.78, 5) is 38.4. The van der Waals surface area contributed by atoms with Crippen LogP contribution in [0.3, 0.4) is 0 Å². The molecule has 4 unspecified atom stereocenters. The van der Waals surface area contributed by atoms with E-state index in [1.807, 2.05) is 20.6 Å². The molecule has 52 heavy (non-hydrogen) atoms. The molecule has 0 fully saturated rings. The Hall–Kier alpha value is -3.00. The molecule has 0 aromatic carbocycles. The smallest absolute Gasteiger partial charge is 0.333 e. The Kier molecular flexibility index (Phi) is 45.7. The van der Waals surface area contributed by atoms with E-state index < -0.39 is 35.9 Å². The molecule has 0 aliphatic heterocycles. The van der Waals surface area contributed by atoms with Gasteiger partial charge in [0.2, 0.25) is 0 Å². The first kappa shape index (κ1) is 58.3. The van der Waals surface area contributed by atoms with Crippen LogP contribution in [0.5, 0.6) is 0 Å². The van der Waals surface area contributed by atoms with Crippen molar-refractivity contribution in [3.63, 3.8) is 0 Å². The largest absolute Gasteiger partial charge is 0.460 e. The highest BCUT2D eigenvalue weighted by Gasteiger charge is 2.30. The first-order valence-electron chi connectivity index (χ1n) is 16.4. The standard InChI is InChI=1S/C23H48N4O9.2C4H6O.C4H8.CH2O/c1-17(2)22(32)36-13-20(30)8-26-16-23(27-9-21(31)12-35-5,14-24-6-18(28)10-33-3)15-25-7-19(29)11-34-4;2*1-4(2)3-5;1-4(2)3;1-2/h18-21,24-31H,1,6-16H2,2-5H3;2*3H,1H2,2H3;1H2,2-3H3;1H2. The van der Waals surface area contributed by atoms with Gasteiger partial charge in [0, 0.05) is 72.7 Å². The summed E-state index contributed by atoms with van der Waals surface area (Å²) >= 11 is 0. The second kappa shape index (κ2) is 40.8. The summed E-state index contributed by atoms with van der Waals surface area (Å²) in [6.45, 7) is 26.7. The van der Waals surface area contributed by atoms with E-state index in [1.54, 1.807) is 13.8 Å². The molecular formula is C36H70N4O12. The minimum atomic E-state index is -0.946. The molecule has 0 saturated heterocycles. The van der Waals surface area contributed by atoms with Gasteiger partial charge in [-0.05, 0) is 45.8 Å². The Morgan fingerprint density at radius 2 is 0.885 bits per heavy atom. The minimum absolute atomic E-state index is 0.131. The number of hydrogen-bond donors (Lipinski definition) is 8. The molecular weight excluding hydrogens is 680 g/mol. The van der Waals surface area contributed by atoms with Gasteiger partial charge in [-0.15, -0.1) is 6.58 Å². The molecule has 306 valence electrons. The fourth-order valence-electron chi connectivity index (χ4n) is 3.25. The molecule has 0 saturated carbocycles. The molecule has 0 aromatic rings. The molecule has 0 spiro atoms. The number of β-amino-alcohol motifs (C(OH)–C–C–N with tert-alkyl or cyclic N) is 1. The van der Waals surface area contributed by atoms with Gasteiger partial charge in [0.15, 0.2) is 0 Å². The van der Waals surface area contributed by atoms with Gasteiger partial charge < -0.3 is 65.4 Å². The number of ether oxygens (including phenoxy) is 4. The van der Waals surface area contributed by atoms with Crippen molar-refractivity contribution in [2.24, 2.45) is 0 Å². The SMILES string of the molecule is C=C(C)C.C=C(C)C(=O)OCC(O)CNCC(CNCC(O)COC)(CNCC(O)COC)NCC(O)COC.C=C(C)C=O.C=C(C)C=O.C=O. The maximum Gasteiger partial charge on any atom is 0.333 e. The van der Waals surface area contributed by atoms with E-state index in [-0.39, 0.29) is 58.2 Å². The second-order valence-corrected chi connectivity index (χ2v) is 12.0. The van der Waals surface area contributed by atoms with Crippen LogP contribution in [0.2, 0.25) is 0 Å². The highest BCUT2D eigenvalue weighted by Crippen LogP contribution is 2.04. The number of aliphatic hydroxyl groups is 4. The van der Waals surface area contributed by atoms with Gasteiger partial charge in [0.05, 0.1) is 43.7 Å². The minimum Gasteiger partial charge on any atom is -0.460 e. The number of aliphatic hydroxyl groups excluding tert-OH is 4. The summed E-state index contributed by atoms with van der Waals surface area (Å²) in [6.07, 6.45) is -1.68. The van der Waals surface area contributed by atoms with Gasteiger partial charge in [0.25, 0.3) is 0 Å². The zero-order valence-corrected chi connectivity index (χ0v) is 32.8. The van der Waals surface area contributed by atoms with Crippen LogP contribution in [0.25, 0.3) is 0 Å². The van der Waals surface area contributed by atoms with Crippen LogP contribution in [-0.2, 0) is 38.1 Å². The van der Waals surface area contributed by atoms with Crippen molar-refractivity contribution >= 4 is 25.3 Å². The van der Waals surface area contributed by atoms with Crippen molar-refractivity contribution in [2.45, 2.75) is 64.6 Å². The molecule has 0 aliphatic rings. The molecule has 0 radical (unpaired) electrons. The van der Waals surface area contributed by atoms with E-state index in [1.165, 1.54) is 33.8 Å². The fraction of sp³-hybridized carbons (Fsp3) is 0.667. The molecule has 0 bridgehead atoms. The number of carbonyl (C=O) groups is 4. The van der Waals surface area contributed by atoms with Gasteiger partial charge >= 0.3 is 5.97 Å². The summed E-state index contributed by atoms with van der Waals surface area (Å²) in [7, 11) is 4.51. The summed E-state index contributed by atoms with van der Waals surface area (Å²) in [5.41, 5.74) is 1.84. The number of methoxy groups -OCH3 is 3. The quantitative estimate of drug-likeness (QED) is 0.0241. The summed E-state index contributed by atoms with van der Waals surface area (Å²) in [6, 6.07) is 0. The Morgan fingerprint density at radius 1 is 0.615 bits per heavy atom. The van der Waals surface area contributed by atoms with Gasteiger partial charge in [-0.3, -0.25) is 9.59 Å². The normalized spacial score (nSPS) is 13.4. The van der Waals surface area contributed by atoms with E-state index in [2.05, 4.69) is 47.6 Å². The molecule has 16 nitrogen and oxygen atoms in total. The van der Waals surface area contributed by atoms with E-state index in [9.17, 15) is 34.8 Å². The lowest BCUT2D eigenvalue weighted by Gasteiger charge is -2.37. The lowest BCUT2D eigenvalue weighted by molar-refractivity contribution is -0.141. The maximum absolute atomic E-state index is 11.5. The van der Waals surface area contributed by atoms with Crippen molar-refractivity contribution in [1.82, 2.24) is 21.3 Å². The van der Waals surface area contributed by atoms with Gasteiger partial charge in [0.1, 0.15) is 32.1 Å². The van der Waals surface area contributed by atoms with Gasteiger partial charge in [-0.1, -0.05) is 25.3 Å². The summed E-state index contributed by atoms with van der Waals surface area (Å²) in [5.74, 6) is -0.574. The zero-order chi connectivity index (χ0) is 41.5. The lowest BCUT2D eigenvalue weighted by atomic mass is 9.97. The van der Waals surface area contributed by atoms with E-state index >= 15 is 0 Å². The van der Waals surface area contributed by atoms with Gasteiger partial charge in [-0.2, -0.15) is 0 Å². The van der Waals surface area contributed by atoms with Crippen molar-refractivity contribution in [1.29, 1.82) is 0 Å². The second-order valence-electron chi connectivity index (χ2n) is 12.0. The number of esters is 1. The molecule has 0 aromatic heterocycles. The zero-order valence-electron chi connectivity index (χ0n) is 32.8. The van der Waals surface area contributed by atoms with Crippen LogP contribution < -0.4 is 21.3 Å². The summed E-state index contributed by atoms with van der Waals surface area (Å²) < 4.78 is 19.9. The predicted molar refractivity (Wildman–Crippen MR) is 204 cm³/mol. The highest BCUT2D eigenvalue weighted by atomic mass is 16.5. The first-order chi connectivity index (χ1) is 24.4. The van der Waals surface area contributed by atoms with Crippen molar-refractivity contribution < 1.29 is 58.6 Å². The van der Waals surface area contributed by atoms with Crippen LogP contribution >= 0.6 is 0 Å². The number of allylic oxidation sites excluding steroid dienone is 3. The van der Waals surface area contributed by atoms with E-state index in [0.717, 1.165) is 12.6 Å². The van der Waals surface area contributed by atoms with Crippen molar-refractivity contribution in [3.8, 4) is 0 Å². The van der Waals surface area contributed by atoms with Crippen LogP contribution in [0.1, 0.15) is 34.6 Å². The number of aldehydes is 2. The number of hydrogen-bond acceptors (Lipinski definition) is 16. The van der Waals surface area contributed by atoms with E-state index in [0.29, 0.717) is 30.8 Å². The highest BCUT2D eigenvalue weighted by molar-refractivity contribution is 5.86. The van der Waals surface area contributed by atoms with Crippen molar-refractivity contribution in [3.05, 3.63) is 48.6 Å². The van der Waals surface area contributed by atoms with Crippen LogP contribution in [0.15, 0.2) is 48.6 Å². The third kappa shape index (κ3) is 47.0. The molecule has 16 heteroatoms. The van der Waals surface area contributed by atoms with Crippen LogP contribution in [0.4, 0.5) is 0 Å². The monoisotopic (exact) mass is 750 g/mol. The Labute approximate surface area is 311 Å². The van der Waals surface area contributed by atoms with Crippen LogP contribution in [-0.4, -0.2) is 169 Å². The first-order valence-corrected chi connectivity index (χ1v) is 16.4. The lowest BCUT2D eigenvalue weighted by Crippen LogP contribution is -2.65. The number of nitrogens with one attached hydrogen (secondary N) is 4. The maximum atomic E-state index is 11.5. The fourth-order valence-corrected chi connectivity index (χ4v) is 3.25. The predicted octanol–water partition coefficient (Wildman–Crippen LogP) is -0.494. The van der Waals surface area contributed by atoms with Crippen LogP contribution in [0, 0.1) is 0 Å². The molecule has 0 aliphatic carbocycles.